The fourth-order valence-corrected chi connectivity index (χ4v) is 7.56. The van der Waals surface area contributed by atoms with Crippen LogP contribution in [0.25, 0.3) is 0 Å². The molecular formula is C47H91N3O3. The second-order valence-corrected chi connectivity index (χ2v) is 16.3. The van der Waals surface area contributed by atoms with Gasteiger partial charge < -0.3 is 25.8 Å². The van der Waals surface area contributed by atoms with E-state index < -0.39 is 6.04 Å². The largest absolute Gasteiger partial charge is 0.381 e. The van der Waals surface area contributed by atoms with Crippen LogP contribution in [0, 0.1) is 11.8 Å². The molecule has 1 amide bonds. The van der Waals surface area contributed by atoms with E-state index in [1.807, 2.05) is 4.90 Å². The second kappa shape index (κ2) is 39.0. The Kier molecular flexibility index (Phi) is 36.7. The highest BCUT2D eigenvalue weighted by molar-refractivity contribution is 5.81. The van der Waals surface area contributed by atoms with E-state index in [1.54, 1.807) is 0 Å². The van der Waals surface area contributed by atoms with Gasteiger partial charge in [-0.1, -0.05) is 154 Å². The van der Waals surface area contributed by atoms with Crippen molar-refractivity contribution in [2.45, 2.75) is 213 Å². The van der Waals surface area contributed by atoms with Gasteiger partial charge in [0.25, 0.3) is 0 Å². The van der Waals surface area contributed by atoms with Gasteiger partial charge in [-0.25, -0.2) is 0 Å². The molecule has 0 spiro atoms. The summed E-state index contributed by atoms with van der Waals surface area (Å²) in [5, 5.41) is 0. The van der Waals surface area contributed by atoms with Crippen LogP contribution in [-0.4, -0.2) is 62.9 Å². The van der Waals surface area contributed by atoms with Gasteiger partial charge in [0.2, 0.25) is 5.91 Å². The number of carbonyl (C=O) groups is 1. The molecule has 0 aromatic carbocycles. The van der Waals surface area contributed by atoms with Gasteiger partial charge in [0.15, 0.2) is 0 Å². The highest BCUT2D eigenvalue weighted by atomic mass is 16.5. The van der Waals surface area contributed by atoms with Gasteiger partial charge in [0.05, 0.1) is 19.3 Å². The molecule has 6 nitrogen and oxygen atoms in total. The van der Waals surface area contributed by atoms with Crippen molar-refractivity contribution in [2.75, 3.05) is 46.1 Å². The minimum atomic E-state index is -0.456. The van der Waals surface area contributed by atoms with E-state index in [-0.39, 0.29) is 5.91 Å². The molecule has 0 aromatic rings. The number of likely N-dealkylation sites (tertiary alicyclic amines) is 1. The Bertz CT molecular complexity index is 780. The average Bonchev–Trinajstić information content (AvgIpc) is 3.58. The molecule has 312 valence electrons. The predicted octanol–water partition coefficient (Wildman–Crippen LogP) is 12.2. The maximum absolute atomic E-state index is 13.1. The van der Waals surface area contributed by atoms with E-state index in [2.05, 4.69) is 38.2 Å². The molecule has 1 fully saturated rings. The third-order valence-electron chi connectivity index (χ3n) is 11.2. The minimum absolute atomic E-state index is 0.0625. The molecule has 1 rings (SSSR count). The maximum atomic E-state index is 13.1. The number of allylic oxidation sites excluding steroid dienone is 4. The quantitative estimate of drug-likeness (QED) is 0.0481. The lowest BCUT2D eigenvalue weighted by atomic mass is 9.98. The standard InChI is InChI=1S/C47H91N3O3/c1-3-5-7-9-11-13-15-17-19-21-23-25-27-29-31-33-38-52-42-44-40-50(47(51)46(49)36-35-37-48)41-45(44)43-53-39-34-32-30-28-26-24-22-20-18-16-14-12-10-8-6-4-2/h17-20,44-46H,3-16,21-43,48-49H2,1-2H3/b19-17-,20-18-/t44-,45?,46-/m0/s1. The van der Waals surface area contributed by atoms with Crippen LogP contribution in [0.5, 0.6) is 0 Å². The topological polar surface area (TPSA) is 90.8 Å². The maximum Gasteiger partial charge on any atom is 0.239 e. The number of hydrogen-bond donors (Lipinski definition) is 2. The third-order valence-corrected chi connectivity index (χ3v) is 11.2. The fraction of sp³-hybridized carbons (Fsp3) is 0.894. The molecule has 0 bridgehead atoms. The number of amides is 1. The van der Waals surface area contributed by atoms with E-state index in [9.17, 15) is 4.79 Å². The normalized spacial score (nSPS) is 16.9. The van der Waals surface area contributed by atoms with Crippen molar-refractivity contribution in [2.24, 2.45) is 23.3 Å². The molecule has 3 atom stereocenters. The highest BCUT2D eigenvalue weighted by Gasteiger charge is 2.36. The van der Waals surface area contributed by atoms with Gasteiger partial charge in [-0.3, -0.25) is 4.79 Å². The van der Waals surface area contributed by atoms with Crippen molar-refractivity contribution in [3.63, 3.8) is 0 Å². The van der Waals surface area contributed by atoms with Gasteiger partial charge in [-0.05, 0) is 83.6 Å². The smallest absolute Gasteiger partial charge is 0.239 e. The van der Waals surface area contributed by atoms with Crippen LogP contribution in [0.15, 0.2) is 24.3 Å². The molecular weight excluding hydrogens is 655 g/mol. The number of rotatable bonds is 40. The first-order valence-corrected chi connectivity index (χ1v) is 23.3. The Morgan fingerprint density at radius 3 is 1.25 bits per heavy atom. The van der Waals surface area contributed by atoms with Crippen LogP contribution in [0.4, 0.5) is 0 Å². The van der Waals surface area contributed by atoms with Crippen LogP contribution < -0.4 is 11.5 Å². The molecule has 0 saturated carbocycles. The van der Waals surface area contributed by atoms with E-state index in [0.717, 1.165) is 45.6 Å². The molecule has 1 unspecified atom stereocenters. The predicted molar refractivity (Wildman–Crippen MR) is 230 cm³/mol. The zero-order valence-corrected chi connectivity index (χ0v) is 35.5. The van der Waals surface area contributed by atoms with Gasteiger partial charge in [-0.2, -0.15) is 0 Å². The monoisotopic (exact) mass is 746 g/mol. The van der Waals surface area contributed by atoms with Crippen LogP contribution >= 0.6 is 0 Å². The molecule has 0 radical (unpaired) electrons. The molecule has 1 aliphatic heterocycles. The van der Waals surface area contributed by atoms with Crippen molar-refractivity contribution in [3.05, 3.63) is 24.3 Å². The van der Waals surface area contributed by atoms with E-state index in [4.69, 9.17) is 20.9 Å². The SMILES string of the molecule is CCCCCCCC/C=C\CCCCCCCCOCC1CN(C(=O)[C@@H](N)CCCN)C[C@H]1COCCCCCCCC/C=C\CCCCCCCC. The molecule has 1 aliphatic rings. The zero-order chi connectivity index (χ0) is 38.3. The molecule has 53 heavy (non-hydrogen) atoms. The van der Waals surface area contributed by atoms with Crippen LogP contribution in [0.2, 0.25) is 0 Å². The van der Waals surface area contributed by atoms with Gasteiger partial charge in [0, 0.05) is 38.1 Å². The van der Waals surface area contributed by atoms with E-state index in [0.29, 0.717) is 38.0 Å². The lowest BCUT2D eigenvalue weighted by Crippen LogP contribution is -2.43. The molecule has 4 N–H and O–H groups in total. The molecule has 6 heteroatoms. The number of carbonyl (C=O) groups excluding carboxylic acids is 1. The lowest BCUT2D eigenvalue weighted by molar-refractivity contribution is -0.132. The fourth-order valence-electron chi connectivity index (χ4n) is 7.56. The van der Waals surface area contributed by atoms with E-state index >= 15 is 0 Å². The van der Waals surface area contributed by atoms with Gasteiger partial charge in [0.1, 0.15) is 0 Å². The van der Waals surface area contributed by atoms with Crippen molar-refractivity contribution in [3.8, 4) is 0 Å². The summed E-state index contributed by atoms with van der Waals surface area (Å²) < 4.78 is 12.4. The number of hydrogen-bond acceptors (Lipinski definition) is 5. The summed E-state index contributed by atoms with van der Waals surface area (Å²) in [6.45, 7) is 9.62. The Morgan fingerprint density at radius 1 is 0.547 bits per heavy atom. The Hall–Kier alpha value is -1.21. The van der Waals surface area contributed by atoms with Crippen molar-refractivity contribution < 1.29 is 14.3 Å². The van der Waals surface area contributed by atoms with Crippen LogP contribution in [0.1, 0.15) is 206 Å². The van der Waals surface area contributed by atoms with E-state index in [1.165, 1.54) is 167 Å². The number of nitrogens with two attached hydrogens (primary N) is 2. The summed E-state index contributed by atoms with van der Waals surface area (Å²) in [6.07, 6.45) is 47.9. The van der Waals surface area contributed by atoms with Gasteiger partial charge >= 0.3 is 0 Å². The summed E-state index contributed by atoms with van der Waals surface area (Å²) in [5.41, 5.74) is 11.9. The summed E-state index contributed by atoms with van der Waals surface area (Å²) in [5.74, 6) is 0.691. The summed E-state index contributed by atoms with van der Waals surface area (Å²) >= 11 is 0. The second-order valence-electron chi connectivity index (χ2n) is 16.3. The Morgan fingerprint density at radius 2 is 0.887 bits per heavy atom. The first-order chi connectivity index (χ1) is 26.1. The Balaban J connectivity index is 2.16. The summed E-state index contributed by atoms with van der Waals surface area (Å²) in [7, 11) is 0. The Labute approximate surface area is 330 Å². The highest BCUT2D eigenvalue weighted by Crippen LogP contribution is 2.26. The third kappa shape index (κ3) is 30.7. The summed E-state index contributed by atoms with van der Waals surface area (Å²) in [4.78, 5) is 15.1. The van der Waals surface area contributed by atoms with Crippen molar-refractivity contribution in [1.82, 2.24) is 4.90 Å². The zero-order valence-electron chi connectivity index (χ0n) is 35.5. The van der Waals surface area contributed by atoms with Crippen molar-refractivity contribution >= 4 is 5.91 Å². The first kappa shape index (κ1) is 49.8. The summed E-state index contributed by atoms with van der Waals surface area (Å²) in [6, 6.07) is -0.456. The van der Waals surface area contributed by atoms with Gasteiger partial charge in [-0.15, -0.1) is 0 Å². The average molecular weight is 746 g/mol. The first-order valence-electron chi connectivity index (χ1n) is 23.3. The molecule has 0 aliphatic carbocycles. The molecule has 1 heterocycles. The minimum Gasteiger partial charge on any atom is -0.381 e. The number of nitrogens with zero attached hydrogens (tertiary/aromatic N) is 1. The number of ether oxygens (including phenoxy) is 2. The molecule has 1 saturated heterocycles. The number of unbranched alkanes of at least 4 members (excludes halogenated alkanes) is 24. The van der Waals surface area contributed by atoms with Crippen molar-refractivity contribution in [1.29, 1.82) is 0 Å². The molecule has 0 aromatic heterocycles. The lowest BCUT2D eigenvalue weighted by Gasteiger charge is -2.21. The van der Waals surface area contributed by atoms with Crippen LogP contribution in [0.3, 0.4) is 0 Å². The van der Waals surface area contributed by atoms with Crippen LogP contribution in [-0.2, 0) is 14.3 Å².